The molecule has 0 aliphatic carbocycles. The van der Waals surface area contributed by atoms with E-state index in [9.17, 15) is 23.9 Å². The van der Waals surface area contributed by atoms with Gasteiger partial charge in [-0.25, -0.2) is 4.39 Å². The van der Waals surface area contributed by atoms with Crippen molar-refractivity contribution in [3.8, 4) is 0 Å². The van der Waals surface area contributed by atoms with E-state index in [4.69, 9.17) is 4.74 Å². The summed E-state index contributed by atoms with van der Waals surface area (Å²) in [5.41, 5.74) is -0.509. The predicted octanol–water partition coefficient (Wildman–Crippen LogP) is 1.18. The Morgan fingerprint density at radius 1 is 1.27 bits per heavy atom. The summed E-state index contributed by atoms with van der Waals surface area (Å²) in [4.78, 5) is 38.1. The molecule has 2 heterocycles. The third-order valence-electron chi connectivity index (χ3n) is 5.16. The van der Waals surface area contributed by atoms with Gasteiger partial charge >= 0.3 is 5.97 Å². The number of ether oxygens (including phenoxy) is 1. The van der Waals surface area contributed by atoms with Crippen molar-refractivity contribution in [3.63, 3.8) is 0 Å². The fraction of sp³-hybridized carbons (Fsp3) is 0.500. The molecule has 2 fully saturated rings. The predicted molar refractivity (Wildman–Crippen MR) is 90.0 cm³/mol. The van der Waals surface area contributed by atoms with Crippen molar-refractivity contribution in [2.24, 2.45) is 11.3 Å². The van der Waals surface area contributed by atoms with Crippen molar-refractivity contribution in [1.82, 2.24) is 5.32 Å². The van der Waals surface area contributed by atoms with E-state index in [1.807, 2.05) is 0 Å². The Hall–Kier alpha value is -2.48. The Morgan fingerprint density at radius 2 is 1.92 bits per heavy atom. The zero-order valence-corrected chi connectivity index (χ0v) is 14.2. The summed E-state index contributed by atoms with van der Waals surface area (Å²) in [7, 11) is 0. The number of nitrogens with zero attached hydrogens (tertiary/aromatic N) is 1. The van der Waals surface area contributed by atoms with Crippen LogP contribution in [0.25, 0.3) is 0 Å². The normalized spacial score (nSPS) is 22.3. The van der Waals surface area contributed by atoms with Gasteiger partial charge in [0.25, 0.3) is 0 Å². The molecule has 0 radical (unpaired) electrons. The first-order chi connectivity index (χ1) is 12.4. The average molecular weight is 364 g/mol. The number of hydrogen-bond acceptors (Lipinski definition) is 4. The summed E-state index contributed by atoms with van der Waals surface area (Å²) >= 11 is 0. The van der Waals surface area contributed by atoms with Crippen molar-refractivity contribution in [1.29, 1.82) is 0 Å². The second kappa shape index (κ2) is 7.41. The van der Waals surface area contributed by atoms with E-state index in [0.717, 1.165) is 0 Å². The van der Waals surface area contributed by atoms with E-state index in [0.29, 0.717) is 44.7 Å². The van der Waals surface area contributed by atoms with E-state index < -0.39 is 29.0 Å². The average Bonchev–Trinajstić information content (AvgIpc) is 3.02. The number of carboxylic acid groups (broad SMARTS) is 1. The Balaban J connectivity index is 1.62. The largest absolute Gasteiger partial charge is 0.481 e. The van der Waals surface area contributed by atoms with Gasteiger partial charge in [-0.2, -0.15) is 0 Å². The van der Waals surface area contributed by atoms with Gasteiger partial charge in [-0.3, -0.25) is 14.4 Å². The number of rotatable bonds is 5. The maximum absolute atomic E-state index is 13.0. The molecule has 0 bridgehead atoms. The number of halogens is 1. The number of carbonyl (C=O) groups is 3. The van der Waals surface area contributed by atoms with Crippen LogP contribution in [-0.2, 0) is 19.1 Å². The summed E-state index contributed by atoms with van der Waals surface area (Å²) in [5, 5.41) is 12.2. The highest BCUT2D eigenvalue weighted by molar-refractivity contribution is 6.09. The second-order valence-corrected chi connectivity index (χ2v) is 6.72. The minimum Gasteiger partial charge on any atom is -0.481 e. The van der Waals surface area contributed by atoms with E-state index in [2.05, 4.69) is 5.32 Å². The first kappa shape index (κ1) is 18.3. The van der Waals surface area contributed by atoms with Gasteiger partial charge in [-0.15, -0.1) is 0 Å². The molecule has 1 unspecified atom stereocenters. The quantitative estimate of drug-likeness (QED) is 0.765. The number of aliphatic carboxylic acids is 1. The smallest absolute Gasteiger partial charge is 0.311 e. The molecule has 2 N–H and O–H groups in total. The van der Waals surface area contributed by atoms with Crippen LogP contribution in [0.3, 0.4) is 0 Å². The monoisotopic (exact) mass is 364 g/mol. The van der Waals surface area contributed by atoms with E-state index in [1.165, 1.54) is 29.2 Å². The lowest BCUT2D eigenvalue weighted by molar-refractivity contribution is -0.154. The maximum Gasteiger partial charge on any atom is 0.311 e. The molecule has 2 aliphatic rings. The van der Waals surface area contributed by atoms with Crippen LogP contribution in [0.4, 0.5) is 10.1 Å². The molecule has 140 valence electrons. The van der Waals surface area contributed by atoms with Crippen molar-refractivity contribution < 1.29 is 28.6 Å². The van der Waals surface area contributed by atoms with Gasteiger partial charge in [0.05, 0.1) is 5.41 Å². The molecule has 0 saturated carbocycles. The molecule has 1 aromatic carbocycles. The van der Waals surface area contributed by atoms with Crippen molar-refractivity contribution >= 4 is 23.5 Å². The minimum absolute atomic E-state index is 0.0230. The van der Waals surface area contributed by atoms with Crippen LogP contribution < -0.4 is 10.2 Å². The van der Waals surface area contributed by atoms with E-state index in [-0.39, 0.29) is 12.5 Å². The number of amides is 2. The number of carboxylic acids is 1. The number of carbonyl (C=O) groups excluding carboxylic acids is 2. The van der Waals surface area contributed by atoms with Gasteiger partial charge in [0.1, 0.15) is 11.7 Å². The van der Waals surface area contributed by atoms with Crippen LogP contribution in [0.15, 0.2) is 24.3 Å². The SMILES string of the molecule is O=C(NCC1(C(=O)O)CCOCC1)C1CCN(c2ccc(F)cc2)C1=O. The highest BCUT2D eigenvalue weighted by Gasteiger charge is 2.42. The molecule has 2 aliphatic heterocycles. The molecule has 2 saturated heterocycles. The summed E-state index contributed by atoms with van der Waals surface area (Å²) in [6, 6.07) is 5.51. The van der Waals surface area contributed by atoms with Gasteiger partial charge in [0, 0.05) is 32.0 Å². The highest BCUT2D eigenvalue weighted by Crippen LogP contribution is 2.31. The molecule has 1 atom stereocenters. The Labute approximate surface area is 150 Å². The number of benzene rings is 1. The summed E-state index contributed by atoms with van der Waals surface area (Å²) in [6.45, 7) is 1.01. The van der Waals surface area contributed by atoms with E-state index >= 15 is 0 Å². The van der Waals surface area contributed by atoms with Gasteiger partial charge < -0.3 is 20.1 Å². The lowest BCUT2D eigenvalue weighted by Gasteiger charge is -2.33. The third-order valence-corrected chi connectivity index (χ3v) is 5.16. The van der Waals surface area contributed by atoms with Crippen molar-refractivity contribution in [2.45, 2.75) is 19.3 Å². The molecule has 0 aromatic heterocycles. The van der Waals surface area contributed by atoms with Crippen LogP contribution in [0.2, 0.25) is 0 Å². The molecule has 7 nitrogen and oxygen atoms in total. The van der Waals surface area contributed by atoms with Gasteiger partial charge in [-0.1, -0.05) is 0 Å². The first-order valence-corrected chi connectivity index (χ1v) is 8.59. The fourth-order valence-corrected chi connectivity index (χ4v) is 3.41. The van der Waals surface area contributed by atoms with Crippen molar-refractivity contribution in [2.75, 3.05) is 31.2 Å². The summed E-state index contributed by atoms with van der Waals surface area (Å²) in [6.07, 6.45) is 0.983. The standard InChI is InChI=1S/C18H21FN2O5/c19-12-1-3-13(4-2-12)21-8-5-14(16(21)23)15(22)20-11-18(17(24)25)6-9-26-10-7-18/h1-4,14H,5-11H2,(H,20,22)(H,24,25). The second-order valence-electron chi connectivity index (χ2n) is 6.72. The molecule has 2 amide bonds. The van der Waals surface area contributed by atoms with Crippen LogP contribution >= 0.6 is 0 Å². The molecule has 1 aromatic rings. The number of anilines is 1. The molecule has 8 heteroatoms. The molecular formula is C18H21FN2O5. The zero-order chi connectivity index (χ0) is 18.7. The minimum atomic E-state index is -1.05. The zero-order valence-electron chi connectivity index (χ0n) is 14.2. The van der Waals surface area contributed by atoms with E-state index in [1.54, 1.807) is 0 Å². The molecule has 0 spiro atoms. The number of nitrogens with one attached hydrogen (secondary N) is 1. The summed E-state index contributed by atoms with van der Waals surface area (Å²) < 4.78 is 18.2. The Kier molecular flexibility index (Phi) is 5.22. The number of hydrogen-bond donors (Lipinski definition) is 2. The molecular weight excluding hydrogens is 343 g/mol. The lowest BCUT2D eigenvalue weighted by atomic mass is 9.80. The third kappa shape index (κ3) is 3.55. The first-order valence-electron chi connectivity index (χ1n) is 8.59. The summed E-state index contributed by atoms with van der Waals surface area (Å²) in [5.74, 6) is -3.04. The van der Waals surface area contributed by atoms with Gasteiger partial charge in [0.2, 0.25) is 11.8 Å². The van der Waals surface area contributed by atoms with Crippen LogP contribution in [0.1, 0.15) is 19.3 Å². The van der Waals surface area contributed by atoms with Crippen LogP contribution in [0, 0.1) is 17.2 Å². The fourth-order valence-electron chi connectivity index (χ4n) is 3.41. The van der Waals surface area contributed by atoms with Crippen molar-refractivity contribution in [3.05, 3.63) is 30.1 Å². The maximum atomic E-state index is 13.0. The topological polar surface area (TPSA) is 95.9 Å². The van der Waals surface area contributed by atoms with Crippen LogP contribution in [-0.4, -0.2) is 49.2 Å². The molecule has 3 rings (SSSR count). The Morgan fingerprint density at radius 3 is 2.54 bits per heavy atom. The molecule has 26 heavy (non-hydrogen) atoms. The lowest BCUT2D eigenvalue weighted by Crippen LogP contribution is -2.48. The van der Waals surface area contributed by atoms with Gasteiger partial charge in [-0.05, 0) is 43.5 Å². The van der Waals surface area contributed by atoms with Crippen LogP contribution in [0.5, 0.6) is 0 Å². The Bertz CT molecular complexity index is 700. The van der Waals surface area contributed by atoms with Gasteiger partial charge in [0.15, 0.2) is 0 Å². The highest BCUT2D eigenvalue weighted by atomic mass is 19.1.